The summed E-state index contributed by atoms with van der Waals surface area (Å²) in [5.41, 5.74) is 2.41. The molecule has 1 saturated heterocycles. The number of carbonyl (C=O) groups is 1. The molecule has 0 atom stereocenters. The van der Waals surface area contributed by atoms with Crippen LogP contribution >= 0.6 is 0 Å². The van der Waals surface area contributed by atoms with E-state index in [1.165, 1.54) is 31.2 Å². The second kappa shape index (κ2) is 8.02. The second-order valence-corrected chi connectivity index (χ2v) is 5.39. The molecule has 0 unspecified atom stereocenters. The van der Waals surface area contributed by atoms with Crippen molar-refractivity contribution in [3.63, 3.8) is 0 Å². The van der Waals surface area contributed by atoms with Crippen molar-refractivity contribution in [2.24, 2.45) is 0 Å². The lowest BCUT2D eigenvalue weighted by Gasteiger charge is -2.21. The van der Waals surface area contributed by atoms with Crippen molar-refractivity contribution in [2.75, 3.05) is 19.7 Å². The van der Waals surface area contributed by atoms with Gasteiger partial charge in [0, 0.05) is 13.1 Å². The third-order valence-corrected chi connectivity index (χ3v) is 3.83. The molecule has 4 heteroatoms. The van der Waals surface area contributed by atoms with E-state index in [1.54, 1.807) is 0 Å². The van der Waals surface area contributed by atoms with Gasteiger partial charge >= 0.3 is 0 Å². The topological polar surface area (TPSA) is 52.6 Å². The molecule has 0 saturated carbocycles. The van der Waals surface area contributed by atoms with Crippen LogP contribution in [0.2, 0.25) is 0 Å². The maximum Gasteiger partial charge on any atom is 0.245 e. The largest absolute Gasteiger partial charge is 0.387 e. The fourth-order valence-corrected chi connectivity index (χ4v) is 2.67. The summed E-state index contributed by atoms with van der Waals surface area (Å²) in [4.78, 5) is 13.7. The van der Waals surface area contributed by atoms with Gasteiger partial charge in [-0.1, -0.05) is 37.1 Å². The number of amides is 1. The van der Waals surface area contributed by atoms with Gasteiger partial charge in [-0.3, -0.25) is 9.69 Å². The molecule has 0 radical (unpaired) electrons. The standard InChI is InChI=1S/C16H24N2O2/c19-13-16(20)17-11-14-7-3-4-8-15(14)12-18-9-5-1-2-6-10-18/h3-4,7-8,19H,1-2,5-6,9-13H2,(H,17,20). The lowest BCUT2D eigenvalue weighted by Crippen LogP contribution is -2.28. The fourth-order valence-electron chi connectivity index (χ4n) is 2.67. The van der Waals surface area contributed by atoms with Gasteiger partial charge in [0.05, 0.1) is 0 Å². The van der Waals surface area contributed by atoms with Crippen LogP contribution in [0.4, 0.5) is 0 Å². The van der Waals surface area contributed by atoms with E-state index in [4.69, 9.17) is 5.11 Å². The van der Waals surface area contributed by atoms with Crippen LogP contribution in [0.5, 0.6) is 0 Å². The fraction of sp³-hybridized carbons (Fsp3) is 0.562. The smallest absolute Gasteiger partial charge is 0.245 e. The first-order valence-electron chi connectivity index (χ1n) is 7.46. The summed E-state index contributed by atoms with van der Waals surface area (Å²) in [6.07, 6.45) is 5.24. The van der Waals surface area contributed by atoms with E-state index in [0.717, 1.165) is 25.2 Å². The molecule has 1 aromatic rings. The highest BCUT2D eigenvalue weighted by Gasteiger charge is 2.11. The van der Waals surface area contributed by atoms with Crippen LogP contribution in [0.25, 0.3) is 0 Å². The van der Waals surface area contributed by atoms with E-state index in [1.807, 2.05) is 18.2 Å². The van der Waals surface area contributed by atoms with Crippen LogP contribution in [0.3, 0.4) is 0 Å². The molecule has 0 aliphatic carbocycles. The predicted octanol–water partition coefficient (Wildman–Crippen LogP) is 1.67. The first kappa shape index (κ1) is 15.0. The van der Waals surface area contributed by atoms with Gasteiger partial charge in [0.1, 0.15) is 6.61 Å². The molecule has 2 N–H and O–H groups in total. The lowest BCUT2D eigenvalue weighted by atomic mass is 10.1. The van der Waals surface area contributed by atoms with Crippen LogP contribution < -0.4 is 5.32 Å². The summed E-state index contributed by atoms with van der Waals surface area (Å²) in [5, 5.41) is 11.5. The summed E-state index contributed by atoms with van der Waals surface area (Å²) >= 11 is 0. The molecule has 4 nitrogen and oxygen atoms in total. The third-order valence-electron chi connectivity index (χ3n) is 3.83. The summed E-state index contributed by atoms with van der Waals surface area (Å²) in [6.45, 7) is 3.32. The molecule has 1 aromatic carbocycles. The van der Waals surface area contributed by atoms with Crippen LogP contribution in [0.1, 0.15) is 36.8 Å². The van der Waals surface area contributed by atoms with Crippen molar-refractivity contribution in [3.05, 3.63) is 35.4 Å². The molecule has 0 bridgehead atoms. The van der Waals surface area contributed by atoms with E-state index < -0.39 is 6.61 Å². The molecular formula is C16H24N2O2. The first-order chi connectivity index (χ1) is 9.79. The quantitative estimate of drug-likeness (QED) is 0.860. The minimum Gasteiger partial charge on any atom is -0.387 e. The highest BCUT2D eigenvalue weighted by Crippen LogP contribution is 2.16. The van der Waals surface area contributed by atoms with E-state index >= 15 is 0 Å². The zero-order chi connectivity index (χ0) is 14.2. The van der Waals surface area contributed by atoms with E-state index in [0.29, 0.717) is 6.54 Å². The molecule has 20 heavy (non-hydrogen) atoms. The first-order valence-corrected chi connectivity index (χ1v) is 7.46. The molecule has 1 amide bonds. The molecule has 2 rings (SSSR count). The molecule has 1 heterocycles. The SMILES string of the molecule is O=C(CO)NCc1ccccc1CN1CCCCCC1. The Hall–Kier alpha value is -1.39. The average Bonchev–Trinajstić information content (AvgIpc) is 2.74. The second-order valence-electron chi connectivity index (χ2n) is 5.39. The van der Waals surface area contributed by atoms with E-state index in [2.05, 4.69) is 16.3 Å². The minimum absolute atomic E-state index is 0.324. The van der Waals surface area contributed by atoms with Crippen molar-refractivity contribution in [2.45, 2.75) is 38.8 Å². The summed E-state index contributed by atoms with van der Waals surface area (Å²) < 4.78 is 0. The highest BCUT2D eigenvalue weighted by atomic mass is 16.3. The minimum atomic E-state index is -0.450. The normalized spacial score (nSPS) is 16.6. The van der Waals surface area contributed by atoms with Crippen LogP contribution in [-0.2, 0) is 17.9 Å². The number of hydrogen-bond acceptors (Lipinski definition) is 3. The van der Waals surface area contributed by atoms with Gasteiger partial charge in [0.15, 0.2) is 0 Å². The highest BCUT2D eigenvalue weighted by molar-refractivity contribution is 5.76. The Morgan fingerprint density at radius 2 is 1.75 bits per heavy atom. The van der Waals surface area contributed by atoms with Crippen LogP contribution in [-0.4, -0.2) is 35.6 Å². The van der Waals surface area contributed by atoms with Crippen molar-refractivity contribution < 1.29 is 9.90 Å². The number of nitrogens with zero attached hydrogens (tertiary/aromatic N) is 1. The number of aliphatic hydroxyl groups excluding tert-OH is 1. The molecule has 110 valence electrons. The number of benzene rings is 1. The van der Waals surface area contributed by atoms with Gasteiger partial charge in [-0.15, -0.1) is 0 Å². The average molecular weight is 276 g/mol. The van der Waals surface area contributed by atoms with Gasteiger partial charge < -0.3 is 10.4 Å². The Kier molecular flexibility index (Phi) is 6.02. The van der Waals surface area contributed by atoms with E-state index in [9.17, 15) is 4.79 Å². The molecule has 1 aliphatic rings. The van der Waals surface area contributed by atoms with E-state index in [-0.39, 0.29) is 5.91 Å². The summed E-state index contributed by atoms with van der Waals surface area (Å²) in [6, 6.07) is 8.22. The number of likely N-dealkylation sites (tertiary alicyclic amines) is 1. The van der Waals surface area contributed by atoms with Crippen molar-refractivity contribution in [1.82, 2.24) is 10.2 Å². The monoisotopic (exact) mass is 276 g/mol. The van der Waals surface area contributed by atoms with Crippen molar-refractivity contribution in [3.8, 4) is 0 Å². The summed E-state index contributed by atoms with van der Waals surface area (Å²) in [5.74, 6) is -0.324. The van der Waals surface area contributed by atoms with Gasteiger partial charge in [0.2, 0.25) is 5.91 Å². The van der Waals surface area contributed by atoms with Crippen molar-refractivity contribution >= 4 is 5.91 Å². The molecule has 0 aromatic heterocycles. The number of aliphatic hydroxyl groups is 1. The Labute approximate surface area is 120 Å². The Balaban J connectivity index is 1.97. The third kappa shape index (κ3) is 4.62. The molecule has 1 fully saturated rings. The van der Waals surface area contributed by atoms with Crippen LogP contribution in [0, 0.1) is 0 Å². The van der Waals surface area contributed by atoms with Gasteiger partial charge in [0.25, 0.3) is 0 Å². The van der Waals surface area contributed by atoms with Crippen LogP contribution in [0.15, 0.2) is 24.3 Å². The Morgan fingerprint density at radius 3 is 2.40 bits per heavy atom. The maximum absolute atomic E-state index is 11.2. The summed E-state index contributed by atoms with van der Waals surface area (Å²) in [7, 11) is 0. The molecule has 0 spiro atoms. The van der Waals surface area contributed by atoms with Gasteiger partial charge in [-0.2, -0.15) is 0 Å². The van der Waals surface area contributed by atoms with Crippen molar-refractivity contribution in [1.29, 1.82) is 0 Å². The number of hydrogen-bond donors (Lipinski definition) is 2. The number of rotatable bonds is 5. The zero-order valence-corrected chi connectivity index (χ0v) is 12.0. The Morgan fingerprint density at radius 1 is 1.10 bits per heavy atom. The van der Waals surface area contributed by atoms with Gasteiger partial charge in [-0.25, -0.2) is 0 Å². The predicted molar refractivity (Wildman–Crippen MR) is 79.1 cm³/mol. The Bertz CT molecular complexity index is 426. The maximum atomic E-state index is 11.2. The number of nitrogens with one attached hydrogen (secondary N) is 1. The van der Waals surface area contributed by atoms with Gasteiger partial charge in [-0.05, 0) is 37.1 Å². The lowest BCUT2D eigenvalue weighted by molar-refractivity contribution is -0.123. The molecular weight excluding hydrogens is 252 g/mol. The number of carbonyl (C=O) groups excluding carboxylic acids is 1. The molecule has 1 aliphatic heterocycles. The zero-order valence-electron chi connectivity index (χ0n) is 12.0.